The molecule has 2 N–H and O–H groups in total. The van der Waals surface area contributed by atoms with Crippen LogP contribution in [0.3, 0.4) is 0 Å². The van der Waals surface area contributed by atoms with Gasteiger partial charge in [0.2, 0.25) is 0 Å². The Morgan fingerprint density at radius 1 is 1.38 bits per heavy atom. The molecule has 0 amide bonds. The SMILES string of the molecule is C[Si](C)(C)CCOCn1cc(-n2cccc(N)c2=O)cn1. The third kappa shape index (κ3) is 4.30. The van der Waals surface area contributed by atoms with Crippen molar-refractivity contribution < 1.29 is 4.74 Å². The predicted octanol–water partition coefficient (Wildman–Crippen LogP) is 1.93. The minimum absolute atomic E-state index is 0.219. The van der Waals surface area contributed by atoms with Gasteiger partial charge in [0.05, 0.1) is 23.8 Å². The summed E-state index contributed by atoms with van der Waals surface area (Å²) in [4.78, 5) is 11.9. The van der Waals surface area contributed by atoms with Crippen LogP contribution in [0.25, 0.3) is 5.69 Å². The van der Waals surface area contributed by atoms with Crippen LogP contribution < -0.4 is 11.3 Å². The highest BCUT2D eigenvalue weighted by molar-refractivity contribution is 6.76. The molecular formula is C14H22N4O2Si. The molecule has 0 aliphatic rings. The van der Waals surface area contributed by atoms with Crippen molar-refractivity contribution >= 4 is 13.8 Å². The van der Waals surface area contributed by atoms with Crippen LogP contribution in [0.1, 0.15) is 0 Å². The molecule has 0 unspecified atom stereocenters. The van der Waals surface area contributed by atoms with Crippen LogP contribution in [0.15, 0.2) is 35.5 Å². The van der Waals surface area contributed by atoms with E-state index in [1.807, 2.05) is 0 Å². The zero-order chi connectivity index (χ0) is 15.5. The topological polar surface area (TPSA) is 75.1 Å². The lowest BCUT2D eigenvalue weighted by atomic mass is 10.4. The molecule has 0 bridgehead atoms. The predicted molar refractivity (Wildman–Crippen MR) is 86.3 cm³/mol. The van der Waals surface area contributed by atoms with Gasteiger partial charge in [0.25, 0.3) is 5.56 Å². The number of nitrogen functional groups attached to an aromatic ring is 1. The first-order valence-electron chi connectivity index (χ1n) is 6.94. The largest absolute Gasteiger partial charge is 0.394 e. The normalized spacial score (nSPS) is 11.8. The van der Waals surface area contributed by atoms with Gasteiger partial charge in [0.1, 0.15) is 6.73 Å². The van der Waals surface area contributed by atoms with E-state index >= 15 is 0 Å². The maximum atomic E-state index is 11.9. The number of nitrogens with two attached hydrogens (primary N) is 1. The maximum absolute atomic E-state index is 11.9. The van der Waals surface area contributed by atoms with Crippen LogP contribution in [-0.2, 0) is 11.5 Å². The summed E-state index contributed by atoms with van der Waals surface area (Å²) >= 11 is 0. The second kappa shape index (κ2) is 6.27. The Labute approximate surface area is 125 Å². The van der Waals surface area contributed by atoms with E-state index in [1.54, 1.807) is 35.4 Å². The van der Waals surface area contributed by atoms with Gasteiger partial charge in [-0.05, 0) is 18.2 Å². The lowest BCUT2D eigenvalue weighted by Gasteiger charge is -2.15. The van der Waals surface area contributed by atoms with Crippen LogP contribution >= 0.6 is 0 Å². The highest BCUT2D eigenvalue weighted by Gasteiger charge is 2.12. The Bertz CT molecular complexity index is 657. The molecule has 2 rings (SSSR count). The van der Waals surface area contributed by atoms with E-state index in [9.17, 15) is 4.79 Å². The molecule has 2 heterocycles. The molecule has 7 heteroatoms. The van der Waals surface area contributed by atoms with E-state index in [2.05, 4.69) is 24.7 Å². The van der Waals surface area contributed by atoms with Crippen molar-refractivity contribution in [3.63, 3.8) is 0 Å². The zero-order valence-corrected chi connectivity index (χ0v) is 13.7. The molecule has 0 saturated heterocycles. The van der Waals surface area contributed by atoms with Gasteiger partial charge in [-0.2, -0.15) is 5.10 Å². The van der Waals surface area contributed by atoms with Gasteiger partial charge < -0.3 is 10.5 Å². The maximum Gasteiger partial charge on any atom is 0.278 e. The van der Waals surface area contributed by atoms with Gasteiger partial charge in [0, 0.05) is 20.9 Å². The fourth-order valence-corrected chi connectivity index (χ4v) is 2.55. The van der Waals surface area contributed by atoms with E-state index in [0.29, 0.717) is 12.4 Å². The highest BCUT2D eigenvalue weighted by atomic mass is 28.3. The average molecular weight is 306 g/mol. The van der Waals surface area contributed by atoms with Crippen molar-refractivity contribution in [3.05, 3.63) is 41.1 Å². The first kappa shape index (κ1) is 15.5. The number of anilines is 1. The van der Waals surface area contributed by atoms with Crippen molar-refractivity contribution in [3.8, 4) is 5.69 Å². The van der Waals surface area contributed by atoms with Crippen molar-refractivity contribution in [1.29, 1.82) is 0 Å². The Hall–Kier alpha value is -1.86. The minimum Gasteiger partial charge on any atom is -0.394 e. The third-order valence-electron chi connectivity index (χ3n) is 3.09. The fraction of sp³-hybridized carbons (Fsp3) is 0.429. The summed E-state index contributed by atoms with van der Waals surface area (Å²) in [5, 5.41) is 4.20. The first-order chi connectivity index (χ1) is 9.87. The van der Waals surface area contributed by atoms with E-state index < -0.39 is 8.07 Å². The number of ether oxygens (including phenoxy) is 1. The second-order valence-corrected chi connectivity index (χ2v) is 11.8. The van der Waals surface area contributed by atoms with Gasteiger partial charge in [-0.15, -0.1) is 0 Å². The molecule has 0 spiro atoms. The number of hydrogen-bond acceptors (Lipinski definition) is 4. The summed E-state index contributed by atoms with van der Waals surface area (Å²) in [6.07, 6.45) is 5.07. The summed E-state index contributed by atoms with van der Waals surface area (Å²) in [5.74, 6) is 0. The van der Waals surface area contributed by atoms with E-state index in [1.165, 1.54) is 4.57 Å². The van der Waals surface area contributed by atoms with Crippen LogP contribution in [-0.4, -0.2) is 29.0 Å². The first-order valence-corrected chi connectivity index (χ1v) is 10.7. The average Bonchev–Trinajstić information content (AvgIpc) is 2.85. The molecule has 0 aromatic carbocycles. The van der Waals surface area contributed by atoms with Crippen LogP contribution in [0.5, 0.6) is 0 Å². The monoisotopic (exact) mass is 306 g/mol. The van der Waals surface area contributed by atoms with Gasteiger partial charge in [-0.25, -0.2) is 4.68 Å². The fourth-order valence-electron chi connectivity index (χ4n) is 1.80. The molecule has 0 atom stereocenters. The Kier molecular flexibility index (Phi) is 4.64. The molecule has 0 radical (unpaired) electrons. The van der Waals surface area contributed by atoms with Crippen LogP contribution in [0.4, 0.5) is 5.69 Å². The standard InChI is InChI=1S/C14H22N4O2Si/c1-21(2,3)8-7-20-11-17-10-12(9-16-17)18-6-4-5-13(15)14(18)19/h4-6,9-10H,7-8,11,15H2,1-3H3. The summed E-state index contributed by atoms with van der Waals surface area (Å²) < 4.78 is 8.77. The van der Waals surface area contributed by atoms with Gasteiger partial charge >= 0.3 is 0 Å². The quantitative estimate of drug-likeness (QED) is 0.653. The third-order valence-corrected chi connectivity index (χ3v) is 4.80. The van der Waals surface area contributed by atoms with Crippen molar-refractivity contribution in [1.82, 2.24) is 14.3 Å². The number of pyridine rings is 1. The number of nitrogens with zero attached hydrogens (tertiary/aromatic N) is 3. The Balaban J connectivity index is 1.99. The van der Waals surface area contributed by atoms with Gasteiger partial charge in [0.15, 0.2) is 0 Å². The van der Waals surface area contributed by atoms with Crippen molar-refractivity contribution in [2.45, 2.75) is 32.4 Å². The lowest BCUT2D eigenvalue weighted by molar-refractivity contribution is 0.0786. The molecule has 0 aliphatic heterocycles. The number of aromatic nitrogens is 3. The van der Waals surface area contributed by atoms with Crippen LogP contribution in [0.2, 0.25) is 25.7 Å². The second-order valence-electron chi connectivity index (χ2n) is 6.22. The van der Waals surface area contributed by atoms with Gasteiger partial charge in [-0.3, -0.25) is 9.36 Å². The smallest absolute Gasteiger partial charge is 0.278 e. The minimum atomic E-state index is -1.07. The summed E-state index contributed by atoms with van der Waals surface area (Å²) in [5.41, 5.74) is 6.28. The van der Waals surface area contributed by atoms with Crippen molar-refractivity contribution in [2.24, 2.45) is 0 Å². The Morgan fingerprint density at radius 3 is 2.86 bits per heavy atom. The molecule has 2 aromatic heterocycles. The molecule has 2 aromatic rings. The molecule has 0 fully saturated rings. The number of hydrogen-bond donors (Lipinski definition) is 1. The van der Waals surface area contributed by atoms with E-state index in [4.69, 9.17) is 10.5 Å². The summed E-state index contributed by atoms with van der Waals surface area (Å²) in [6.45, 7) is 8.07. The molecule has 0 saturated carbocycles. The summed E-state index contributed by atoms with van der Waals surface area (Å²) in [7, 11) is -1.07. The Morgan fingerprint density at radius 2 is 2.14 bits per heavy atom. The molecule has 6 nitrogen and oxygen atoms in total. The highest BCUT2D eigenvalue weighted by Crippen LogP contribution is 2.08. The van der Waals surface area contributed by atoms with E-state index in [0.717, 1.165) is 12.7 Å². The number of rotatable bonds is 6. The zero-order valence-electron chi connectivity index (χ0n) is 12.7. The van der Waals surface area contributed by atoms with Crippen LogP contribution in [0, 0.1) is 0 Å². The molecule has 0 aliphatic carbocycles. The molecular weight excluding hydrogens is 284 g/mol. The van der Waals surface area contributed by atoms with E-state index in [-0.39, 0.29) is 11.2 Å². The van der Waals surface area contributed by atoms with Crippen molar-refractivity contribution in [2.75, 3.05) is 12.3 Å². The lowest BCUT2D eigenvalue weighted by Crippen LogP contribution is -2.22. The molecule has 114 valence electrons. The summed E-state index contributed by atoms with van der Waals surface area (Å²) in [6, 6.07) is 4.44. The van der Waals surface area contributed by atoms with Gasteiger partial charge in [-0.1, -0.05) is 19.6 Å². The molecule has 21 heavy (non-hydrogen) atoms.